The second kappa shape index (κ2) is 4.76. The molecule has 1 aromatic rings. The summed E-state index contributed by atoms with van der Waals surface area (Å²) < 4.78 is 17.7. The maximum Gasteiger partial charge on any atom is 0.341 e. The lowest BCUT2D eigenvalue weighted by Gasteiger charge is -2.09. The second-order valence-corrected chi connectivity index (χ2v) is 3.50. The Morgan fingerprint density at radius 1 is 1.73 bits per heavy atom. The van der Waals surface area contributed by atoms with Gasteiger partial charge >= 0.3 is 5.97 Å². The number of ether oxygens (including phenoxy) is 1. The van der Waals surface area contributed by atoms with E-state index in [2.05, 4.69) is 25.7 Å². The third-order valence-electron chi connectivity index (χ3n) is 1.72. The minimum Gasteiger partial charge on any atom is -0.465 e. The minimum atomic E-state index is -0.915. The second-order valence-electron chi connectivity index (χ2n) is 2.58. The first kappa shape index (κ1) is 12.2. The number of hydrogen-bond donors (Lipinski definition) is 1. The topological polar surface area (TPSA) is 65.2 Å². The first-order chi connectivity index (χ1) is 7.02. The number of nitrogens with two attached hydrogens (primary N) is 1. The molecular formula is C8H7BrClFN2O2. The van der Waals surface area contributed by atoms with Gasteiger partial charge in [0.25, 0.3) is 0 Å². The number of methoxy groups -OCH3 is 1. The number of esters is 1. The van der Waals surface area contributed by atoms with Gasteiger partial charge in [0, 0.05) is 5.33 Å². The molecule has 0 saturated heterocycles. The molecule has 82 valence electrons. The standard InChI is InChI=1S/C8H7BrClFN2O2/c1-15-8(14)4-3(2-9)13-7(10)5(11)6(4)12/h2H2,1H3,(H2,12,13). The highest BCUT2D eigenvalue weighted by atomic mass is 79.9. The van der Waals surface area contributed by atoms with E-state index in [0.29, 0.717) is 0 Å². The van der Waals surface area contributed by atoms with Crippen molar-refractivity contribution in [1.82, 2.24) is 4.98 Å². The van der Waals surface area contributed by atoms with Crippen LogP contribution in [0.4, 0.5) is 10.1 Å². The van der Waals surface area contributed by atoms with E-state index < -0.39 is 11.8 Å². The van der Waals surface area contributed by atoms with Crippen molar-refractivity contribution in [1.29, 1.82) is 0 Å². The quantitative estimate of drug-likeness (QED) is 0.516. The Kier molecular flexibility index (Phi) is 3.87. The van der Waals surface area contributed by atoms with Gasteiger partial charge < -0.3 is 10.5 Å². The highest BCUT2D eigenvalue weighted by Crippen LogP contribution is 2.26. The molecule has 4 nitrogen and oxygen atoms in total. The van der Waals surface area contributed by atoms with E-state index in [9.17, 15) is 9.18 Å². The number of nitrogens with zero attached hydrogens (tertiary/aromatic N) is 1. The molecule has 0 unspecified atom stereocenters. The fourth-order valence-electron chi connectivity index (χ4n) is 1.03. The Balaban J connectivity index is 3.47. The number of hydrogen-bond acceptors (Lipinski definition) is 4. The summed E-state index contributed by atoms with van der Waals surface area (Å²) in [6.07, 6.45) is 0. The molecule has 0 aliphatic carbocycles. The molecule has 0 fully saturated rings. The molecule has 1 rings (SSSR count). The number of pyridine rings is 1. The van der Waals surface area contributed by atoms with Crippen LogP contribution in [0.3, 0.4) is 0 Å². The molecule has 0 saturated carbocycles. The van der Waals surface area contributed by atoms with Gasteiger partial charge in [-0.1, -0.05) is 27.5 Å². The lowest BCUT2D eigenvalue weighted by Crippen LogP contribution is -2.12. The Bertz CT molecular complexity index is 414. The van der Waals surface area contributed by atoms with Crippen molar-refractivity contribution in [3.63, 3.8) is 0 Å². The van der Waals surface area contributed by atoms with Gasteiger partial charge in [0.2, 0.25) is 0 Å². The summed E-state index contributed by atoms with van der Waals surface area (Å²) in [6, 6.07) is 0. The molecule has 0 aromatic carbocycles. The third-order valence-corrected chi connectivity index (χ3v) is 2.51. The van der Waals surface area contributed by atoms with Crippen LogP contribution in [0.25, 0.3) is 0 Å². The van der Waals surface area contributed by atoms with Crippen LogP contribution in [0, 0.1) is 5.82 Å². The molecule has 15 heavy (non-hydrogen) atoms. The molecule has 0 radical (unpaired) electrons. The number of carbonyl (C=O) groups excluding carboxylic acids is 1. The van der Waals surface area contributed by atoms with Gasteiger partial charge in [-0.2, -0.15) is 0 Å². The van der Waals surface area contributed by atoms with Crippen LogP contribution < -0.4 is 5.73 Å². The molecule has 1 heterocycles. The van der Waals surface area contributed by atoms with Gasteiger partial charge in [0.05, 0.1) is 18.5 Å². The molecule has 0 aliphatic rings. The highest BCUT2D eigenvalue weighted by molar-refractivity contribution is 9.08. The van der Waals surface area contributed by atoms with E-state index in [1.807, 2.05) is 0 Å². The van der Waals surface area contributed by atoms with Crippen LogP contribution in [-0.4, -0.2) is 18.1 Å². The Labute approximate surface area is 98.7 Å². The molecule has 0 amide bonds. The first-order valence-corrected chi connectivity index (χ1v) is 5.30. The largest absolute Gasteiger partial charge is 0.465 e. The van der Waals surface area contributed by atoms with Crippen LogP contribution in [0.15, 0.2) is 0 Å². The lowest BCUT2D eigenvalue weighted by atomic mass is 10.1. The van der Waals surface area contributed by atoms with E-state index in [4.69, 9.17) is 17.3 Å². The summed E-state index contributed by atoms with van der Waals surface area (Å²) in [4.78, 5) is 15.0. The summed E-state index contributed by atoms with van der Waals surface area (Å²) in [5.41, 5.74) is 5.21. The van der Waals surface area contributed by atoms with Crippen LogP contribution >= 0.6 is 27.5 Å². The van der Waals surface area contributed by atoms with E-state index in [1.165, 1.54) is 7.11 Å². The molecule has 0 aliphatic heterocycles. The molecule has 1 aromatic heterocycles. The molecule has 0 atom stereocenters. The molecule has 2 N–H and O–H groups in total. The number of alkyl halides is 1. The number of rotatable bonds is 2. The minimum absolute atomic E-state index is 0.101. The summed E-state index contributed by atoms with van der Waals surface area (Å²) in [7, 11) is 1.17. The van der Waals surface area contributed by atoms with Crippen LogP contribution in [0.1, 0.15) is 16.1 Å². The summed E-state index contributed by atoms with van der Waals surface area (Å²) >= 11 is 8.57. The van der Waals surface area contributed by atoms with Crippen molar-refractivity contribution in [2.75, 3.05) is 12.8 Å². The zero-order valence-corrected chi connectivity index (χ0v) is 10.0. The molecule has 0 spiro atoms. The number of halogens is 3. The molecule has 0 bridgehead atoms. The monoisotopic (exact) mass is 296 g/mol. The van der Waals surface area contributed by atoms with Crippen LogP contribution in [0.5, 0.6) is 0 Å². The lowest BCUT2D eigenvalue weighted by molar-refractivity contribution is 0.0600. The van der Waals surface area contributed by atoms with Crippen LogP contribution in [-0.2, 0) is 10.1 Å². The Morgan fingerprint density at radius 3 is 2.80 bits per heavy atom. The van der Waals surface area contributed by atoms with Gasteiger partial charge in [0.15, 0.2) is 11.0 Å². The number of carbonyl (C=O) groups is 1. The van der Waals surface area contributed by atoms with Gasteiger partial charge in [-0.05, 0) is 0 Å². The van der Waals surface area contributed by atoms with Gasteiger partial charge in [-0.3, -0.25) is 0 Å². The van der Waals surface area contributed by atoms with Crippen molar-refractivity contribution in [2.45, 2.75) is 5.33 Å². The normalized spacial score (nSPS) is 10.1. The maximum atomic E-state index is 13.3. The molecular weight excluding hydrogens is 290 g/mol. The van der Waals surface area contributed by atoms with E-state index in [0.717, 1.165) is 0 Å². The van der Waals surface area contributed by atoms with Crippen molar-refractivity contribution in [2.24, 2.45) is 0 Å². The highest BCUT2D eigenvalue weighted by Gasteiger charge is 2.22. The fourth-order valence-corrected chi connectivity index (χ4v) is 1.64. The van der Waals surface area contributed by atoms with Gasteiger partial charge in [-0.15, -0.1) is 0 Å². The predicted molar refractivity (Wildman–Crippen MR) is 57.6 cm³/mol. The van der Waals surface area contributed by atoms with E-state index >= 15 is 0 Å². The number of aromatic nitrogens is 1. The van der Waals surface area contributed by atoms with Gasteiger partial charge in [0.1, 0.15) is 5.56 Å². The van der Waals surface area contributed by atoms with Crippen molar-refractivity contribution in [3.05, 3.63) is 22.2 Å². The number of anilines is 1. The maximum absolute atomic E-state index is 13.3. The zero-order valence-electron chi connectivity index (χ0n) is 7.68. The van der Waals surface area contributed by atoms with E-state index in [-0.39, 0.29) is 27.4 Å². The predicted octanol–water partition coefficient (Wildman–Crippen LogP) is 2.14. The average Bonchev–Trinajstić information content (AvgIpc) is 2.24. The van der Waals surface area contributed by atoms with Crippen molar-refractivity contribution < 1.29 is 13.9 Å². The first-order valence-electron chi connectivity index (χ1n) is 3.80. The van der Waals surface area contributed by atoms with Gasteiger partial charge in [-0.25, -0.2) is 14.2 Å². The van der Waals surface area contributed by atoms with Crippen molar-refractivity contribution >= 4 is 39.2 Å². The average molecular weight is 298 g/mol. The molecule has 7 heteroatoms. The summed E-state index contributed by atoms with van der Waals surface area (Å²) in [5, 5.41) is -0.142. The Morgan fingerprint density at radius 2 is 2.33 bits per heavy atom. The fraction of sp³-hybridized carbons (Fsp3) is 0.250. The SMILES string of the molecule is COC(=O)c1c(CBr)nc(Cl)c(F)c1N. The summed E-state index contributed by atoms with van der Waals surface area (Å²) in [5.74, 6) is -1.66. The Hall–Kier alpha value is -0.880. The smallest absolute Gasteiger partial charge is 0.341 e. The zero-order chi connectivity index (χ0) is 11.6. The van der Waals surface area contributed by atoms with Crippen molar-refractivity contribution in [3.8, 4) is 0 Å². The third kappa shape index (κ3) is 2.21. The van der Waals surface area contributed by atoms with Crippen LogP contribution in [0.2, 0.25) is 5.15 Å². The number of nitrogen functional groups attached to an aromatic ring is 1. The summed E-state index contributed by atoms with van der Waals surface area (Å²) in [6.45, 7) is 0. The van der Waals surface area contributed by atoms with E-state index in [1.54, 1.807) is 0 Å².